The Hall–Kier alpha value is -1.49. The predicted octanol–water partition coefficient (Wildman–Crippen LogP) is 1.51. The molecule has 0 bridgehead atoms. The molecule has 0 aliphatic carbocycles. The summed E-state index contributed by atoms with van der Waals surface area (Å²) in [6.07, 6.45) is 0. The third-order valence-corrected chi connectivity index (χ3v) is 3.18. The predicted molar refractivity (Wildman–Crippen MR) is 67.8 cm³/mol. The molecule has 1 aromatic carbocycles. The fourth-order valence-electron chi connectivity index (χ4n) is 1.29. The van der Waals surface area contributed by atoms with E-state index in [0.717, 1.165) is 11.3 Å². The summed E-state index contributed by atoms with van der Waals surface area (Å²) in [6.45, 7) is 1.32. The molecule has 17 heavy (non-hydrogen) atoms. The van der Waals surface area contributed by atoms with Crippen LogP contribution in [0.1, 0.15) is 12.5 Å². The number of rotatable bonds is 6. The van der Waals surface area contributed by atoms with Crippen LogP contribution in [-0.2, 0) is 15.3 Å². The van der Waals surface area contributed by atoms with Gasteiger partial charge in [-0.15, -0.1) is 0 Å². The molecule has 2 N–H and O–H groups in total. The van der Waals surface area contributed by atoms with E-state index in [1.54, 1.807) is 0 Å². The molecule has 0 fully saturated rings. The second kappa shape index (κ2) is 6.96. The van der Waals surface area contributed by atoms with Crippen molar-refractivity contribution in [2.24, 2.45) is 0 Å². The highest BCUT2D eigenvalue weighted by atomic mass is 32.2. The first-order valence-corrected chi connectivity index (χ1v) is 6.36. The lowest BCUT2D eigenvalue weighted by atomic mass is 10.3. The maximum Gasteiger partial charge on any atom is 0.327 e. The first-order chi connectivity index (χ1) is 8.09. The molecule has 1 rings (SSSR count). The van der Waals surface area contributed by atoms with Gasteiger partial charge < -0.3 is 10.4 Å². The number of hydrogen-bond donors (Lipinski definition) is 2. The number of hydrogen-bond acceptors (Lipinski definition) is 3. The van der Waals surface area contributed by atoms with Gasteiger partial charge in [0.15, 0.2) is 0 Å². The molecule has 0 heterocycles. The van der Waals surface area contributed by atoms with Crippen molar-refractivity contribution in [2.45, 2.75) is 18.7 Å². The van der Waals surface area contributed by atoms with Gasteiger partial charge in [0.1, 0.15) is 6.04 Å². The Morgan fingerprint density at radius 1 is 1.35 bits per heavy atom. The average molecular weight is 259 g/mol. The number of benzene rings is 1. The van der Waals surface area contributed by atoms with Crippen molar-refractivity contribution >= 4 is 23.6 Å². The van der Waals surface area contributed by atoms with Crippen LogP contribution in [0.4, 0.5) is 0 Å². The summed E-state index contributed by atoms with van der Waals surface area (Å²) >= 11 is 1.49. The van der Waals surface area contributed by atoms with Gasteiger partial charge in [0.2, 0.25) is 5.91 Å². The van der Waals surface area contributed by atoms with E-state index in [1.165, 1.54) is 18.7 Å². The minimum atomic E-state index is -0.999. The van der Waals surface area contributed by atoms with Crippen LogP contribution in [0.3, 0.4) is 0 Å². The Labute approximate surface area is 104 Å². The standard InChI is InChI=1S/C12H15NO3S/c1-9(14)13-11(12(15)16)8-17-7-10-5-3-2-4-6-10/h2-6,11H,7-8H2,1H3,(H,13,14)(H,15,16)/t11-/m0/s1/i2+1,3+1,4+1,5+1,6+1,10+1. The van der Waals surface area contributed by atoms with E-state index >= 15 is 0 Å². The zero-order chi connectivity index (χ0) is 12.7. The first kappa shape index (κ1) is 13.6. The third kappa shape index (κ3) is 5.40. The second-order valence-corrected chi connectivity index (χ2v) is 4.62. The summed E-state index contributed by atoms with van der Waals surface area (Å²) in [6, 6.07) is 8.98. The molecule has 0 unspecified atom stereocenters. The van der Waals surface area contributed by atoms with Crippen LogP contribution >= 0.6 is 11.8 Å². The van der Waals surface area contributed by atoms with Gasteiger partial charge in [0.05, 0.1) is 0 Å². The summed E-state index contributed by atoms with van der Waals surface area (Å²) in [4.78, 5) is 21.7. The smallest absolute Gasteiger partial charge is 0.327 e. The van der Waals surface area contributed by atoms with Crippen LogP contribution in [0.5, 0.6) is 0 Å². The van der Waals surface area contributed by atoms with Gasteiger partial charge in [-0.3, -0.25) is 4.79 Å². The highest BCUT2D eigenvalue weighted by Gasteiger charge is 2.17. The molecular weight excluding hydrogens is 244 g/mol. The fourth-order valence-corrected chi connectivity index (χ4v) is 2.30. The maximum atomic E-state index is 10.8. The van der Waals surface area contributed by atoms with E-state index in [1.807, 2.05) is 30.3 Å². The van der Waals surface area contributed by atoms with E-state index in [9.17, 15) is 9.59 Å². The number of aliphatic carboxylic acids is 1. The Bertz CT molecular complexity index is 381. The van der Waals surface area contributed by atoms with Crippen LogP contribution < -0.4 is 5.32 Å². The molecule has 1 atom stereocenters. The quantitative estimate of drug-likeness (QED) is 0.812. The molecular formula is C12H15NO3S. The van der Waals surface area contributed by atoms with E-state index in [0.29, 0.717) is 5.75 Å². The summed E-state index contributed by atoms with van der Waals surface area (Å²) in [5.74, 6) is -0.216. The largest absolute Gasteiger partial charge is 0.480 e. The van der Waals surface area contributed by atoms with Crippen molar-refractivity contribution in [1.29, 1.82) is 0 Å². The lowest BCUT2D eigenvalue weighted by molar-refractivity contribution is -0.140. The number of carboxylic acid groups (broad SMARTS) is 1. The Morgan fingerprint density at radius 3 is 2.53 bits per heavy atom. The van der Waals surface area contributed by atoms with Crippen molar-refractivity contribution in [2.75, 3.05) is 5.75 Å². The van der Waals surface area contributed by atoms with Crippen LogP contribution in [0.25, 0.3) is 0 Å². The number of carbonyl (C=O) groups excluding carboxylic acids is 1. The molecule has 4 nitrogen and oxygen atoms in total. The zero-order valence-corrected chi connectivity index (χ0v) is 10.4. The molecule has 0 saturated carbocycles. The fraction of sp³-hybridized carbons (Fsp3) is 0.333. The Balaban J connectivity index is 2.37. The lowest BCUT2D eigenvalue weighted by Gasteiger charge is -2.12. The topological polar surface area (TPSA) is 66.4 Å². The minimum absolute atomic E-state index is 0.322. The number of carbonyl (C=O) groups is 2. The molecule has 0 spiro atoms. The monoisotopic (exact) mass is 259 g/mol. The molecule has 0 aliphatic rings. The summed E-state index contributed by atoms with van der Waals surface area (Å²) in [7, 11) is 0. The van der Waals surface area contributed by atoms with Gasteiger partial charge >= 0.3 is 5.97 Å². The SMILES string of the molecule is CC(=O)N[C@@H](CSC[13c]1[13cH][13cH][13cH][13cH][13cH]1)C(=O)O. The van der Waals surface area contributed by atoms with E-state index in [4.69, 9.17) is 5.11 Å². The Morgan fingerprint density at radius 2 is 2.00 bits per heavy atom. The van der Waals surface area contributed by atoms with Crippen molar-refractivity contribution in [3.05, 3.63) is 35.9 Å². The molecule has 1 amide bonds. The average Bonchev–Trinajstić information content (AvgIpc) is 2.28. The Kier molecular flexibility index (Phi) is 5.56. The van der Waals surface area contributed by atoms with Crippen molar-refractivity contribution in [3.63, 3.8) is 0 Å². The molecule has 0 aromatic heterocycles. The highest BCUT2D eigenvalue weighted by molar-refractivity contribution is 7.98. The molecule has 0 aliphatic heterocycles. The third-order valence-electron chi connectivity index (χ3n) is 2.07. The number of thioether (sulfide) groups is 1. The molecule has 0 radical (unpaired) electrons. The summed E-state index contributed by atoms with van der Waals surface area (Å²) in [5.41, 5.74) is 1.14. The van der Waals surface area contributed by atoms with Crippen LogP contribution in [0, 0.1) is 0 Å². The van der Waals surface area contributed by atoms with Crippen molar-refractivity contribution in [1.82, 2.24) is 5.32 Å². The second-order valence-electron chi connectivity index (χ2n) is 3.59. The van der Waals surface area contributed by atoms with Crippen molar-refractivity contribution in [3.8, 4) is 0 Å². The summed E-state index contributed by atoms with van der Waals surface area (Å²) < 4.78 is 0. The number of amides is 1. The van der Waals surface area contributed by atoms with Crippen LogP contribution in [-0.4, -0.2) is 28.8 Å². The van der Waals surface area contributed by atoms with Gasteiger partial charge in [0.25, 0.3) is 0 Å². The van der Waals surface area contributed by atoms with E-state index in [-0.39, 0.29) is 5.91 Å². The minimum Gasteiger partial charge on any atom is -0.480 e. The molecule has 1 aromatic rings. The van der Waals surface area contributed by atoms with Crippen molar-refractivity contribution < 1.29 is 14.7 Å². The van der Waals surface area contributed by atoms with E-state index in [2.05, 4.69) is 5.32 Å². The number of carboxylic acids is 1. The number of nitrogens with one attached hydrogen (secondary N) is 1. The lowest BCUT2D eigenvalue weighted by Crippen LogP contribution is -2.41. The molecule has 92 valence electrons. The zero-order valence-electron chi connectivity index (χ0n) is 9.55. The van der Waals surface area contributed by atoms with Gasteiger partial charge in [-0.2, -0.15) is 11.8 Å². The first-order valence-electron chi connectivity index (χ1n) is 5.21. The van der Waals surface area contributed by atoms with E-state index < -0.39 is 12.0 Å². The highest BCUT2D eigenvalue weighted by Crippen LogP contribution is 2.12. The van der Waals surface area contributed by atoms with Crippen LogP contribution in [0.15, 0.2) is 30.3 Å². The normalized spacial score (nSPS) is 11.8. The van der Waals surface area contributed by atoms with Crippen LogP contribution in [0.2, 0.25) is 0 Å². The van der Waals surface area contributed by atoms with Gasteiger partial charge in [0, 0.05) is 18.4 Å². The summed E-state index contributed by atoms with van der Waals surface area (Å²) in [5, 5.41) is 11.3. The molecule has 0 saturated heterocycles. The molecule has 5 heteroatoms. The van der Waals surface area contributed by atoms with Gasteiger partial charge in [-0.05, 0) is 5.56 Å². The van der Waals surface area contributed by atoms with Gasteiger partial charge in [-0.1, -0.05) is 30.3 Å². The maximum absolute atomic E-state index is 10.8. The van der Waals surface area contributed by atoms with Gasteiger partial charge in [-0.25, -0.2) is 4.79 Å².